The van der Waals surface area contributed by atoms with Crippen LogP contribution in [0.25, 0.3) is 0 Å². The Morgan fingerprint density at radius 3 is 2.27 bits per heavy atom. The Labute approximate surface area is 69.5 Å². The first-order valence-corrected chi connectivity index (χ1v) is 7.44. The van der Waals surface area contributed by atoms with Gasteiger partial charge < -0.3 is 0 Å². The summed E-state index contributed by atoms with van der Waals surface area (Å²) in [7, 11) is -1.19. The van der Waals surface area contributed by atoms with Crippen molar-refractivity contribution in [3.05, 3.63) is 23.9 Å². The fraction of sp³-hybridized carbons (Fsp3) is 0.444. The third-order valence-electron chi connectivity index (χ3n) is 1.72. The summed E-state index contributed by atoms with van der Waals surface area (Å²) in [6.45, 7) is 9.10. The molecule has 0 fully saturated rings. The quantitative estimate of drug-likeness (QED) is 0.579. The molecule has 0 aliphatic heterocycles. The van der Waals surface area contributed by atoms with E-state index >= 15 is 0 Å². The molecule has 1 aromatic rings. The van der Waals surface area contributed by atoms with Gasteiger partial charge in [0.15, 0.2) is 0 Å². The predicted octanol–water partition coefficient (Wildman–Crippen LogP) is 1.94. The van der Waals surface area contributed by atoms with E-state index in [1.807, 2.05) is 12.3 Å². The Bertz CT molecular complexity index is 250. The SMILES string of the molecule is Cc1cccnc1[Si](C)(C)C. The van der Waals surface area contributed by atoms with Gasteiger partial charge >= 0.3 is 0 Å². The van der Waals surface area contributed by atoms with Gasteiger partial charge in [-0.15, -0.1) is 0 Å². The summed E-state index contributed by atoms with van der Waals surface area (Å²) in [5.41, 5.74) is 1.34. The zero-order valence-corrected chi connectivity index (χ0v) is 8.68. The molecule has 1 nitrogen and oxygen atoms in total. The van der Waals surface area contributed by atoms with Gasteiger partial charge in [-0.1, -0.05) is 25.7 Å². The van der Waals surface area contributed by atoms with Crippen molar-refractivity contribution in [1.29, 1.82) is 0 Å². The Balaban J connectivity index is 3.14. The zero-order chi connectivity index (χ0) is 8.48. The van der Waals surface area contributed by atoms with Crippen molar-refractivity contribution in [2.45, 2.75) is 26.6 Å². The normalized spacial score (nSPS) is 11.6. The Morgan fingerprint density at radius 2 is 1.91 bits per heavy atom. The van der Waals surface area contributed by atoms with Gasteiger partial charge in [0, 0.05) is 11.5 Å². The Morgan fingerprint density at radius 1 is 1.27 bits per heavy atom. The summed E-state index contributed by atoms with van der Waals surface area (Å²) in [6, 6.07) is 4.14. The zero-order valence-electron chi connectivity index (χ0n) is 7.68. The maximum Gasteiger partial charge on any atom is 0.102 e. The van der Waals surface area contributed by atoms with Crippen molar-refractivity contribution < 1.29 is 0 Å². The summed E-state index contributed by atoms with van der Waals surface area (Å²) >= 11 is 0. The van der Waals surface area contributed by atoms with Gasteiger partial charge in [-0.25, -0.2) is 0 Å². The minimum atomic E-state index is -1.19. The van der Waals surface area contributed by atoms with E-state index in [0.717, 1.165) is 0 Å². The van der Waals surface area contributed by atoms with E-state index in [4.69, 9.17) is 0 Å². The predicted molar refractivity (Wildman–Crippen MR) is 52.0 cm³/mol. The van der Waals surface area contributed by atoms with Crippen LogP contribution in [0.15, 0.2) is 18.3 Å². The van der Waals surface area contributed by atoms with Gasteiger partial charge in [0.25, 0.3) is 0 Å². The molecule has 0 bridgehead atoms. The molecule has 0 N–H and O–H groups in total. The molecule has 1 rings (SSSR count). The summed E-state index contributed by atoms with van der Waals surface area (Å²) in [4.78, 5) is 4.41. The number of nitrogens with zero attached hydrogens (tertiary/aromatic N) is 1. The van der Waals surface area contributed by atoms with Gasteiger partial charge in [-0.3, -0.25) is 4.98 Å². The average Bonchev–Trinajstić information content (AvgIpc) is 1.86. The van der Waals surface area contributed by atoms with Crippen LogP contribution >= 0.6 is 0 Å². The van der Waals surface area contributed by atoms with Gasteiger partial charge in [-0.05, 0) is 18.6 Å². The second kappa shape index (κ2) is 2.78. The second-order valence-corrected chi connectivity index (χ2v) is 8.89. The molecule has 0 amide bonds. The molecule has 0 radical (unpaired) electrons. The van der Waals surface area contributed by atoms with Gasteiger partial charge in [-0.2, -0.15) is 0 Å². The van der Waals surface area contributed by atoms with Crippen molar-refractivity contribution in [2.24, 2.45) is 0 Å². The van der Waals surface area contributed by atoms with E-state index in [9.17, 15) is 0 Å². The third-order valence-corrected chi connectivity index (χ3v) is 3.66. The Hall–Kier alpha value is -0.633. The van der Waals surface area contributed by atoms with Crippen LogP contribution in [0.3, 0.4) is 0 Å². The van der Waals surface area contributed by atoms with E-state index in [2.05, 4.69) is 37.6 Å². The van der Waals surface area contributed by atoms with Crippen LogP contribution in [-0.2, 0) is 0 Å². The molecule has 0 aliphatic carbocycles. The van der Waals surface area contributed by atoms with Crippen molar-refractivity contribution in [1.82, 2.24) is 4.98 Å². The highest BCUT2D eigenvalue weighted by atomic mass is 28.3. The first-order chi connectivity index (χ1) is 5.02. The largest absolute Gasteiger partial charge is 0.266 e. The van der Waals surface area contributed by atoms with Crippen LogP contribution in [0.5, 0.6) is 0 Å². The molecule has 60 valence electrons. The van der Waals surface area contributed by atoms with Crippen molar-refractivity contribution in [3.63, 3.8) is 0 Å². The molecule has 0 saturated heterocycles. The van der Waals surface area contributed by atoms with Crippen molar-refractivity contribution >= 4 is 13.4 Å². The van der Waals surface area contributed by atoms with Gasteiger partial charge in [0.1, 0.15) is 8.07 Å². The molecule has 1 heterocycles. The standard InChI is InChI=1S/C9H15NSi/c1-8-6-5-7-10-9(8)11(2,3)4/h5-7H,1-4H3. The first kappa shape index (κ1) is 8.46. The van der Waals surface area contributed by atoms with E-state index in [-0.39, 0.29) is 0 Å². The molecule has 0 aromatic carbocycles. The van der Waals surface area contributed by atoms with Crippen molar-refractivity contribution in [2.75, 3.05) is 0 Å². The molecule has 11 heavy (non-hydrogen) atoms. The highest BCUT2D eigenvalue weighted by Gasteiger charge is 2.19. The smallest absolute Gasteiger partial charge is 0.102 e. The molecule has 0 unspecified atom stereocenters. The lowest BCUT2D eigenvalue weighted by Crippen LogP contribution is -2.41. The summed E-state index contributed by atoms with van der Waals surface area (Å²) in [5, 5.41) is 1.33. The van der Waals surface area contributed by atoms with E-state index in [1.54, 1.807) is 0 Å². The minimum absolute atomic E-state index is 1.19. The molecule has 2 heteroatoms. The topological polar surface area (TPSA) is 12.9 Å². The third kappa shape index (κ3) is 1.90. The molecule has 0 atom stereocenters. The van der Waals surface area contributed by atoms with Crippen LogP contribution in [0, 0.1) is 6.92 Å². The number of rotatable bonds is 1. The first-order valence-electron chi connectivity index (χ1n) is 3.94. The van der Waals surface area contributed by atoms with Crippen LogP contribution in [0.2, 0.25) is 19.6 Å². The molecule has 0 aliphatic rings. The Kier molecular flexibility index (Phi) is 2.14. The summed E-state index contributed by atoms with van der Waals surface area (Å²) in [6.07, 6.45) is 1.89. The number of aryl methyl sites for hydroxylation is 1. The second-order valence-electron chi connectivity index (χ2n) is 3.92. The van der Waals surface area contributed by atoms with Crippen LogP contribution < -0.4 is 5.32 Å². The lowest BCUT2D eigenvalue weighted by molar-refractivity contribution is 1.31. The fourth-order valence-electron chi connectivity index (χ4n) is 1.27. The fourth-order valence-corrected chi connectivity index (χ4v) is 3.00. The number of hydrogen-bond acceptors (Lipinski definition) is 1. The maximum atomic E-state index is 4.41. The highest BCUT2D eigenvalue weighted by molar-refractivity contribution is 6.88. The van der Waals surface area contributed by atoms with Crippen LogP contribution in [0.1, 0.15) is 5.56 Å². The maximum absolute atomic E-state index is 4.41. The summed E-state index contributed by atoms with van der Waals surface area (Å²) < 4.78 is 0. The number of aromatic nitrogens is 1. The molecule has 0 spiro atoms. The monoisotopic (exact) mass is 165 g/mol. The molecule has 0 saturated carbocycles. The lowest BCUT2D eigenvalue weighted by atomic mass is 10.3. The number of hydrogen-bond donors (Lipinski definition) is 0. The highest BCUT2D eigenvalue weighted by Crippen LogP contribution is 2.02. The van der Waals surface area contributed by atoms with Crippen LogP contribution in [0.4, 0.5) is 0 Å². The minimum Gasteiger partial charge on any atom is -0.266 e. The molecular weight excluding hydrogens is 150 g/mol. The van der Waals surface area contributed by atoms with E-state index in [0.29, 0.717) is 0 Å². The van der Waals surface area contributed by atoms with Gasteiger partial charge in [0.2, 0.25) is 0 Å². The molecular formula is C9H15NSi. The van der Waals surface area contributed by atoms with Crippen LogP contribution in [-0.4, -0.2) is 13.1 Å². The van der Waals surface area contributed by atoms with E-state index in [1.165, 1.54) is 10.9 Å². The molecule has 1 aromatic heterocycles. The lowest BCUT2D eigenvalue weighted by Gasteiger charge is -2.16. The van der Waals surface area contributed by atoms with Crippen molar-refractivity contribution in [3.8, 4) is 0 Å². The average molecular weight is 165 g/mol. The number of pyridine rings is 1. The van der Waals surface area contributed by atoms with Gasteiger partial charge in [0.05, 0.1) is 0 Å². The van der Waals surface area contributed by atoms with E-state index < -0.39 is 8.07 Å². The summed E-state index contributed by atoms with van der Waals surface area (Å²) in [5.74, 6) is 0.